The van der Waals surface area contributed by atoms with E-state index in [0.717, 1.165) is 4.88 Å². The summed E-state index contributed by atoms with van der Waals surface area (Å²) in [6.07, 6.45) is -0.183. The molecule has 17 heavy (non-hydrogen) atoms. The van der Waals surface area contributed by atoms with E-state index in [4.69, 9.17) is 4.74 Å². The van der Waals surface area contributed by atoms with Crippen molar-refractivity contribution in [3.63, 3.8) is 0 Å². The Labute approximate surface area is 105 Å². The quantitative estimate of drug-likeness (QED) is 0.789. The first-order valence-corrected chi connectivity index (χ1v) is 6.32. The molecule has 1 aromatic rings. The molecule has 0 aliphatic rings. The minimum atomic E-state index is -0.491. The van der Waals surface area contributed by atoms with Crippen LogP contribution in [0.5, 0.6) is 0 Å². The number of ether oxygens (including phenoxy) is 1. The van der Waals surface area contributed by atoms with Crippen LogP contribution in [0.3, 0.4) is 0 Å². The zero-order valence-electron chi connectivity index (χ0n) is 10.2. The summed E-state index contributed by atoms with van der Waals surface area (Å²) >= 11 is 1.42. The Morgan fingerprint density at radius 2 is 2.18 bits per heavy atom. The number of carbonyl (C=O) groups excluding carboxylic acids is 2. The Kier molecular flexibility index (Phi) is 5.31. The second kappa shape index (κ2) is 6.51. The highest BCUT2D eigenvalue weighted by molar-refractivity contribution is 7.12. The summed E-state index contributed by atoms with van der Waals surface area (Å²) in [5.74, 6) is -0.142. The normalized spacial score (nSPS) is 14.1. The molecule has 1 rings (SSSR count). The second-order valence-electron chi connectivity index (χ2n) is 3.89. The van der Waals surface area contributed by atoms with Crippen LogP contribution < -0.4 is 5.32 Å². The van der Waals surface area contributed by atoms with Crippen LogP contribution in [0.25, 0.3) is 0 Å². The summed E-state index contributed by atoms with van der Waals surface area (Å²) < 4.78 is 4.90. The molecule has 2 atom stereocenters. The van der Waals surface area contributed by atoms with Crippen molar-refractivity contribution in [3.05, 3.63) is 22.4 Å². The van der Waals surface area contributed by atoms with Gasteiger partial charge in [-0.15, -0.1) is 11.3 Å². The summed E-state index contributed by atoms with van der Waals surface area (Å²) in [5.41, 5.74) is 0. The molecule has 1 heterocycles. The van der Waals surface area contributed by atoms with Crippen molar-refractivity contribution in [2.45, 2.75) is 32.4 Å². The molecule has 0 unspecified atom stereocenters. The lowest BCUT2D eigenvalue weighted by molar-refractivity contribution is -0.130. The number of hydrogen-bond donors (Lipinski definition) is 1. The average Bonchev–Trinajstić information content (AvgIpc) is 2.80. The van der Waals surface area contributed by atoms with E-state index < -0.39 is 6.10 Å². The third-order valence-electron chi connectivity index (χ3n) is 2.40. The molecule has 5 heteroatoms. The van der Waals surface area contributed by atoms with Crippen LogP contribution in [0.15, 0.2) is 17.5 Å². The maximum absolute atomic E-state index is 11.8. The van der Waals surface area contributed by atoms with E-state index in [1.807, 2.05) is 18.4 Å². The van der Waals surface area contributed by atoms with Crippen LogP contribution >= 0.6 is 11.3 Å². The minimum Gasteiger partial charge on any atom is -0.372 e. The highest BCUT2D eigenvalue weighted by Gasteiger charge is 2.17. The first-order valence-electron chi connectivity index (χ1n) is 5.44. The maximum Gasteiger partial charge on any atom is 0.249 e. The lowest BCUT2D eigenvalue weighted by Crippen LogP contribution is -2.40. The maximum atomic E-state index is 11.8. The summed E-state index contributed by atoms with van der Waals surface area (Å²) in [5, 5.41) is 4.61. The molecule has 0 aromatic carbocycles. The smallest absolute Gasteiger partial charge is 0.249 e. The lowest BCUT2D eigenvalue weighted by Gasteiger charge is -2.15. The summed E-state index contributed by atoms with van der Waals surface area (Å²) in [4.78, 5) is 24.0. The molecule has 0 saturated carbocycles. The Balaban J connectivity index is 2.42. The van der Waals surface area contributed by atoms with Crippen molar-refractivity contribution < 1.29 is 14.3 Å². The molecule has 94 valence electrons. The van der Waals surface area contributed by atoms with Gasteiger partial charge in [-0.2, -0.15) is 0 Å². The summed E-state index contributed by atoms with van der Waals surface area (Å²) in [7, 11) is 1.48. The monoisotopic (exact) mass is 255 g/mol. The number of amides is 1. The number of Topliss-reactive ketones (excluding diaryl/α,β-unsaturated/α-hetero) is 1. The van der Waals surface area contributed by atoms with E-state index in [-0.39, 0.29) is 17.7 Å². The van der Waals surface area contributed by atoms with Crippen LogP contribution in [-0.2, 0) is 9.53 Å². The van der Waals surface area contributed by atoms with Gasteiger partial charge in [0.05, 0.1) is 4.88 Å². The van der Waals surface area contributed by atoms with E-state index in [2.05, 4.69) is 5.32 Å². The van der Waals surface area contributed by atoms with Gasteiger partial charge in [-0.25, -0.2) is 0 Å². The van der Waals surface area contributed by atoms with E-state index in [0.29, 0.717) is 6.42 Å². The second-order valence-corrected chi connectivity index (χ2v) is 4.84. The van der Waals surface area contributed by atoms with Gasteiger partial charge in [-0.3, -0.25) is 9.59 Å². The number of ketones is 1. The third kappa shape index (κ3) is 4.28. The van der Waals surface area contributed by atoms with Crippen LogP contribution in [0.4, 0.5) is 0 Å². The molecule has 0 fully saturated rings. The van der Waals surface area contributed by atoms with E-state index in [1.165, 1.54) is 18.4 Å². The number of nitrogens with one attached hydrogen (secondary N) is 1. The van der Waals surface area contributed by atoms with Gasteiger partial charge in [0.15, 0.2) is 5.78 Å². The predicted octanol–water partition coefficient (Wildman–Crippen LogP) is 1.86. The molecule has 0 aliphatic carbocycles. The van der Waals surface area contributed by atoms with Crippen LogP contribution in [0, 0.1) is 0 Å². The number of methoxy groups -OCH3 is 1. The molecule has 0 spiro atoms. The summed E-state index contributed by atoms with van der Waals surface area (Å²) in [6.45, 7) is 3.48. The zero-order valence-corrected chi connectivity index (χ0v) is 11.0. The van der Waals surface area contributed by atoms with E-state index >= 15 is 0 Å². The fraction of sp³-hybridized carbons (Fsp3) is 0.500. The van der Waals surface area contributed by atoms with E-state index in [1.54, 1.807) is 13.0 Å². The van der Waals surface area contributed by atoms with Crippen LogP contribution in [0.2, 0.25) is 0 Å². The van der Waals surface area contributed by atoms with Crippen LogP contribution in [-0.4, -0.2) is 30.9 Å². The highest BCUT2D eigenvalue weighted by atomic mass is 32.1. The van der Waals surface area contributed by atoms with Crippen LogP contribution in [0.1, 0.15) is 29.9 Å². The third-order valence-corrected chi connectivity index (χ3v) is 3.31. The SMILES string of the molecule is CO[C@@H](C)C(=O)N[C@@H](C)CC(=O)c1cccs1. The lowest BCUT2D eigenvalue weighted by atomic mass is 10.1. The van der Waals surface area contributed by atoms with E-state index in [9.17, 15) is 9.59 Å². The van der Waals surface area contributed by atoms with Gasteiger partial charge in [0.25, 0.3) is 0 Å². The highest BCUT2D eigenvalue weighted by Crippen LogP contribution is 2.12. The first kappa shape index (κ1) is 13.9. The largest absolute Gasteiger partial charge is 0.372 e. The van der Waals surface area contributed by atoms with Gasteiger partial charge in [-0.1, -0.05) is 6.07 Å². The molecule has 0 saturated heterocycles. The molecule has 4 nitrogen and oxygen atoms in total. The Bertz CT molecular complexity index is 375. The standard InChI is InChI=1S/C12H17NO3S/c1-8(13-12(15)9(2)16-3)7-10(14)11-5-4-6-17-11/h4-6,8-9H,7H2,1-3H3,(H,13,15)/t8-,9-/m0/s1. The number of thiophene rings is 1. The van der Waals surface area contributed by atoms with Gasteiger partial charge < -0.3 is 10.1 Å². The topological polar surface area (TPSA) is 55.4 Å². The van der Waals surface area contributed by atoms with Gasteiger partial charge in [0.1, 0.15) is 6.10 Å². The molecular formula is C12H17NO3S. The Morgan fingerprint density at radius 3 is 2.71 bits per heavy atom. The van der Waals surface area contributed by atoms with Gasteiger partial charge in [0.2, 0.25) is 5.91 Å². The predicted molar refractivity (Wildman–Crippen MR) is 67.3 cm³/mol. The average molecular weight is 255 g/mol. The molecular weight excluding hydrogens is 238 g/mol. The van der Waals surface area contributed by atoms with Crippen molar-refractivity contribution in [3.8, 4) is 0 Å². The van der Waals surface area contributed by atoms with Gasteiger partial charge in [0, 0.05) is 19.6 Å². The molecule has 1 amide bonds. The molecule has 1 aromatic heterocycles. The number of carbonyl (C=O) groups is 2. The van der Waals surface area contributed by atoms with Crippen molar-refractivity contribution in [2.75, 3.05) is 7.11 Å². The van der Waals surface area contributed by atoms with Gasteiger partial charge >= 0.3 is 0 Å². The zero-order chi connectivity index (χ0) is 12.8. The van der Waals surface area contributed by atoms with Crippen molar-refractivity contribution in [1.29, 1.82) is 0 Å². The fourth-order valence-corrected chi connectivity index (χ4v) is 2.01. The number of rotatable bonds is 6. The van der Waals surface area contributed by atoms with Crippen molar-refractivity contribution >= 4 is 23.0 Å². The van der Waals surface area contributed by atoms with Crippen molar-refractivity contribution in [1.82, 2.24) is 5.32 Å². The van der Waals surface area contributed by atoms with Crippen molar-refractivity contribution in [2.24, 2.45) is 0 Å². The first-order chi connectivity index (χ1) is 8.04. The van der Waals surface area contributed by atoms with Gasteiger partial charge in [-0.05, 0) is 25.3 Å². The fourth-order valence-electron chi connectivity index (χ4n) is 1.33. The Morgan fingerprint density at radius 1 is 1.47 bits per heavy atom. The molecule has 0 aliphatic heterocycles. The molecule has 0 bridgehead atoms. The molecule has 1 N–H and O–H groups in total. The minimum absolute atomic E-state index is 0.0536. The Hall–Kier alpha value is -1.20. The number of hydrogen-bond acceptors (Lipinski definition) is 4. The molecule has 0 radical (unpaired) electrons. The summed E-state index contributed by atoms with van der Waals surface area (Å²) in [6, 6.07) is 3.45.